The molecule has 0 spiro atoms. The number of nitriles is 1. The summed E-state index contributed by atoms with van der Waals surface area (Å²) in [5, 5.41) is 9.07. The van der Waals surface area contributed by atoms with Gasteiger partial charge in [-0.2, -0.15) is 5.26 Å². The number of carbonyl (C=O) groups is 1. The number of aromatic nitrogens is 4. The number of H-pyrrole nitrogens is 1. The number of carbonyl (C=O) groups excluding carboxylic acids is 1. The summed E-state index contributed by atoms with van der Waals surface area (Å²) in [4.78, 5) is 29.2. The van der Waals surface area contributed by atoms with Crippen molar-refractivity contribution in [1.82, 2.24) is 29.2 Å². The number of fused-ring (bicyclic) bond motifs is 3. The van der Waals surface area contributed by atoms with Crippen LogP contribution < -0.4 is 0 Å². The van der Waals surface area contributed by atoms with Gasteiger partial charge in [0.15, 0.2) is 5.65 Å². The number of aromatic amines is 1. The van der Waals surface area contributed by atoms with Crippen molar-refractivity contribution in [2.45, 2.75) is 31.6 Å². The normalized spacial score (nSPS) is 21.3. The minimum absolute atomic E-state index is 0.0896. The van der Waals surface area contributed by atoms with Crippen molar-refractivity contribution in [3.63, 3.8) is 0 Å². The summed E-state index contributed by atoms with van der Waals surface area (Å²) in [6.45, 7) is 2.84. The van der Waals surface area contributed by atoms with Crippen molar-refractivity contribution >= 4 is 22.7 Å². The molecular weight excluding hydrogens is 354 g/mol. The molecule has 2 aliphatic heterocycles. The highest BCUT2D eigenvalue weighted by Gasteiger charge is 2.31. The molecule has 0 saturated carbocycles. The molecule has 3 aromatic heterocycles. The van der Waals surface area contributed by atoms with E-state index in [0.29, 0.717) is 19.6 Å². The molecule has 2 saturated heterocycles. The average Bonchev–Trinajstić information content (AvgIpc) is 3.39. The molecule has 8 heteroatoms. The topological polar surface area (TPSA) is 93.3 Å². The molecule has 0 bridgehead atoms. The summed E-state index contributed by atoms with van der Waals surface area (Å²) in [6, 6.07) is 4.45. The van der Waals surface area contributed by atoms with Gasteiger partial charge in [0.2, 0.25) is 0 Å². The summed E-state index contributed by atoms with van der Waals surface area (Å²) in [7, 11) is 0. The number of imidazole rings is 1. The Morgan fingerprint density at radius 1 is 1.14 bits per heavy atom. The smallest absolute Gasteiger partial charge is 0.320 e. The highest BCUT2D eigenvalue weighted by Crippen LogP contribution is 2.29. The van der Waals surface area contributed by atoms with Crippen molar-refractivity contribution in [1.29, 1.82) is 5.26 Å². The molecular formula is C20H23N7O. The predicted octanol–water partition coefficient (Wildman–Crippen LogP) is 2.75. The fraction of sp³-hybridized carbons (Fsp3) is 0.500. The van der Waals surface area contributed by atoms with Crippen LogP contribution in [0.4, 0.5) is 4.79 Å². The van der Waals surface area contributed by atoms with Gasteiger partial charge in [0, 0.05) is 44.2 Å². The lowest BCUT2D eigenvalue weighted by Gasteiger charge is -2.38. The third-order valence-corrected chi connectivity index (χ3v) is 6.09. The Morgan fingerprint density at radius 3 is 2.79 bits per heavy atom. The minimum atomic E-state index is 0.0896. The van der Waals surface area contributed by atoms with E-state index in [4.69, 9.17) is 10.2 Å². The summed E-state index contributed by atoms with van der Waals surface area (Å²) in [6.07, 6.45) is 9.14. The SMILES string of the molecule is N#CC1CCN(C(=O)N2CCC[C@@H](c3ncc4cnc5[nH]ccc5n34)C2)CC1. The van der Waals surface area contributed by atoms with Crippen LogP contribution in [0.3, 0.4) is 0 Å². The third-order valence-electron chi connectivity index (χ3n) is 6.09. The number of nitrogens with one attached hydrogen (secondary N) is 1. The number of likely N-dealkylation sites (tertiary alicyclic amines) is 2. The van der Waals surface area contributed by atoms with Crippen LogP contribution in [-0.4, -0.2) is 61.4 Å². The van der Waals surface area contributed by atoms with Crippen LogP contribution in [0.2, 0.25) is 0 Å². The van der Waals surface area contributed by atoms with Gasteiger partial charge in [0.05, 0.1) is 29.5 Å². The van der Waals surface area contributed by atoms with Crippen molar-refractivity contribution in [2.24, 2.45) is 5.92 Å². The van der Waals surface area contributed by atoms with Crippen molar-refractivity contribution in [3.05, 3.63) is 30.5 Å². The molecule has 2 amide bonds. The van der Waals surface area contributed by atoms with E-state index in [-0.39, 0.29) is 17.9 Å². The summed E-state index contributed by atoms with van der Waals surface area (Å²) < 4.78 is 2.16. The van der Waals surface area contributed by atoms with E-state index in [1.807, 2.05) is 34.5 Å². The first-order chi connectivity index (χ1) is 13.7. The molecule has 28 heavy (non-hydrogen) atoms. The standard InChI is InChI=1S/C20H23N7O/c21-10-14-4-8-25(9-5-14)20(28)26-7-1-2-15(13-26)19-24-12-16-11-23-18-17(27(16)19)3-6-22-18/h3,6,11-12,14-15,22H,1-2,4-5,7-9,13H2/t15-/m1/s1. The molecule has 0 radical (unpaired) electrons. The number of hydrogen-bond donors (Lipinski definition) is 1. The molecule has 5 rings (SSSR count). The molecule has 1 N–H and O–H groups in total. The van der Waals surface area contributed by atoms with E-state index in [2.05, 4.69) is 20.4 Å². The Balaban J connectivity index is 1.38. The largest absolute Gasteiger partial charge is 0.345 e. The van der Waals surface area contributed by atoms with E-state index < -0.39 is 0 Å². The highest BCUT2D eigenvalue weighted by molar-refractivity contribution is 5.76. The lowest BCUT2D eigenvalue weighted by Crippen LogP contribution is -2.49. The monoisotopic (exact) mass is 377 g/mol. The Bertz CT molecular complexity index is 1050. The maximum absolute atomic E-state index is 13.0. The van der Waals surface area contributed by atoms with Gasteiger partial charge in [0.25, 0.3) is 0 Å². The summed E-state index contributed by atoms with van der Waals surface area (Å²) >= 11 is 0. The predicted molar refractivity (Wildman–Crippen MR) is 104 cm³/mol. The zero-order chi connectivity index (χ0) is 19.1. The second-order valence-corrected chi connectivity index (χ2v) is 7.80. The van der Waals surface area contributed by atoms with E-state index in [9.17, 15) is 4.79 Å². The van der Waals surface area contributed by atoms with Gasteiger partial charge in [-0.25, -0.2) is 14.8 Å². The first-order valence-corrected chi connectivity index (χ1v) is 9.97. The van der Waals surface area contributed by atoms with E-state index in [0.717, 1.165) is 54.7 Å². The lowest BCUT2D eigenvalue weighted by atomic mass is 9.96. The first-order valence-electron chi connectivity index (χ1n) is 9.97. The zero-order valence-corrected chi connectivity index (χ0v) is 15.7. The number of hydrogen-bond acceptors (Lipinski definition) is 4. The van der Waals surface area contributed by atoms with Gasteiger partial charge in [-0.05, 0) is 31.7 Å². The molecule has 0 unspecified atom stereocenters. The van der Waals surface area contributed by atoms with Gasteiger partial charge in [-0.3, -0.25) is 4.40 Å². The Hall–Kier alpha value is -3.08. The molecule has 1 atom stereocenters. The van der Waals surface area contributed by atoms with E-state index in [1.165, 1.54) is 0 Å². The molecule has 0 aliphatic carbocycles. The molecule has 2 fully saturated rings. The zero-order valence-electron chi connectivity index (χ0n) is 15.7. The Labute approximate surface area is 162 Å². The number of rotatable bonds is 1. The van der Waals surface area contributed by atoms with Crippen LogP contribution in [0.5, 0.6) is 0 Å². The lowest BCUT2D eigenvalue weighted by molar-refractivity contribution is 0.125. The minimum Gasteiger partial charge on any atom is -0.345 e. The van der Waals surface area contributed by atoms with Crippen LogP contribution in [0.25, 0.3) is 16.7 Å². The summed E-state index contributed by atoms with van der Waals surface area (Å²) in [5.41, 5.74) is 2.84. The Kier molecular flexibility index (Phi) is 4.15. The van der Waals surface area contributed by atoms with Gasteiger partial charge in [-0.15, -0.1) is 0 Å². The molecule has 8 nitrogen and oxygen atoms in total. The van der Waals surface area contributed by atoms with E-state index in [1.54, 1.807) is 0 Å². The molecule has 3 aromatic rings. The van der Waals surface area contributed by atoms with Gasteiger partial charge in [-0.1, -0.05) is 0 Å². The van der Waals surface area contributed by atoms with Crippen molar-refractivity contribution < 1.29 is 4.79 Å². The number of amides is 2. The summed E-state index contributed by atoms with van der Waals surface area (Å²) in [5.74, 6) is 1.30. The first kappa shape index (κ1) is 17.0. The number of nitrogens with zero attached hydrogens (tertiary/aromatic N) is 6. The van der Waals surface area contributed by atoms with Crippen LogP contribution in [0.1, 0.15) is 37.4 Å². The quantitative estimate of drug-likeness (QED) is 0.706. The fourth-order valence-electron chi connectivity index (χ4n) is 4.55. The van der Waals surface area contributed by atoms with Gasteiger partial charge in [0.1, 0.15) is 5.82 Å². The van der Waals surface area contributed by atoms with Crippen LogP contribution >= 0.6 is 0 Å². The molecule has 2 aliphatic rings. The highest BCUT2D eigenvalue weighted by atomic mass is 16.2. The van der Waals surface area contributed by atoms with Crippen LogP contribution in [0, 0.1) is 17.2 Å². The molecule has 5 heterocycles. The average molecular weight is 377 g/mol. The van der Waals surface area contributed by atoms with Gasteiger partial charge >= 0.3 is 6.03 Å². The number of piperidine rings is 2. The molecule has 0 aromatic carbocycles. The maximum Gasteiger partial charge on any atom is 0.320 e. The second-order valence-electron chi connectivity index (χ2n) is 7.80. The van der Waals surface area contributed by atoms with Crippen molar-refractivity contribution in [2.75, 3.05) is 26.2 Å². The van der Waals surface area contributed by atoms with Crippen LogP contribution in [0.15, 0.2) is 24.7 Å². The van der Waals surface area contributed by atoms with Crippen molar-refractivity contribution in [3.8, 4) is 6.07 Å². The second kappa shape index (κ2) is 6.82. The number of urea groups is 1. The van der Waals surface area contributed by atoms with Gasteiger partial charge < -0.3 is 14.8 Å². The van der Waals surface area contributed by atoms with E-state index >= 15 is 0 Å². The fourth-order valence-corrected chi connectivity index (χ4v) is 4.55. The molecule has 144 valence electrons. The van der Waals surface area contributed by atoms with Crippen LogP contribution in [-0.2, 0) is 0 Å². The maximum atomic E-state index is 13.0. The third kappa shape index (κ3) is 2.78. The Morgan fingerprint density at radius 2 is 1.96 bits per heavy atom.